The van der Waals surface area contributed by atoms with Crippen molar-refractivity contribution in [2.24, 2.45) is 0 Å². The molecule has 12 heavy (non-hydrogen) atoms. The van der Waals surface area contributed by atoms with E-state index in [1.54, 1.807) is 12.1 Å². The minimum atomic E-state index is -0.778. The molecule has 1 heterocycles. The first-order valence-corrected chi connectivity index (χ1v) is 3.14. The molecule has 0 aliphatic carbocycles. The number of hydrogen-bond acceptors (Lipinski definition) is 3. The van der Waals surface area contributed by atoms with Gasteiger partial charge >= 0.3 is 0 Å². The van der Waals surface area contributed by atoms with Crippen molar-refractivity contribution in [2.75, 3.05) is 7.11 Å². The number of hydrogen-bond donors (Lipinski definition) is 0. The molecule has 0 atom stereocenters. The summed E-state index contributed by atoms with van der Waals surface area (Å²) in [4.78, 5) is 9.95. The molecular formula is C6H7N3O3. The minimum absolute atomic E-state index is 0.517. The Hall–Kier alpha value is -1.85. The molecule has 0 saturated heterocycles. The van der Waals surface area contributed by atoms with E-state index in [-0.39, 0.29) is 0 Å². The SMILES string of the molecule is COc1ccc[n+]([N-][N+](=O)[O-])c1. The summed E-state index contributed by atoms with van der Waals surface area (Å²) in [7, 11) is 1.48. The Morgan fingerprint density at radius 3 is 3.08 bits per heavy atom. The van der Waals surface area contributed by atoms with E-state index >= 15 is 0 Å². The van der Waals surface area contributed by atoms with Crippen molar-refractivity contribution in [1.82, 2.24) is 0 Å². The highest BCUT2D eigenvalue weighted by Gasteiger charge is 1.97. The third-order valence-electron chi connectivity index (χ3n) is 1.17. The number of nitro groups is 1. The van der Waals surface area contributed by atoms with Gasteiger partial charge in [0.05, 0.1) is 7.11 Å². The molecule has 0 N–H and O–H groups in total. The lowest BCUT2D eigenvalue weighted by molar-refractivity contribution is -0.738. The molecule has 0 saturated carbocycles. The number of methoxy groups -OCH3 is 1. The van der Waals surface area contributed by atoms with Gasteiger partial charge in [-0.2, -0.15) is 4.68 Å². The van der Waals surface area contributed by atoms with Crippen LogP contribution in [0.3, 0.4) is 0 Å². The molecule has 64 valence electrons. The van der Waals surface area contributed by atoms with E-state index < -0.39 is 5.03 Å². The average Bonchev–Trinajstić information content (AvgIpc) is 2.03. The van der Waals surface area contributed by atoms with Crippen LogP contribution < -0.4 is 9.41 Å². The van der Waals surface area contributed by atoms with Gasteiger partial charge in [0.25, 0.3) is 0 Å². The maximum atomic E-state index is 9.95. The summed E-state index contributed by atoms with van der Waals surface area (Å²) in [6.45, 7) is 0. The Labute approximate surface area is 68.5 Å². The van der Waals surface area contributed by atoms with E-state index in [0.29, 0.717) is 5.75 Å². The third-order valence-corrected chi connectivity index (χ3v) is 1.17. The van der Waals surface area contributed by atoms with Crippen molar-refractivity contribution >= 4 is 0 Å². The van der Waals surface area contributed by atoms with Crippen LogP contribution in [0, 0.1) is 10.1 Å². The summed E-state index contributed by atoms with van der Waals surface area (Å²) < 4.78 is 5.90. The molecule has 0 fully saturated rings. The maximum Gasteiger partial charge on any atom is 0.210 e. The molecule has 0 amide bonds. The minimum Gasteiger partial charge on any atom is -0.491 e. The molecule has 0 aromatic carbocycles. The Kier molecular flexibility index (Phi) is 2.42. The predicted molar refractivity (Wildman–Crippen MR) is 38.9 cm³/mol. The molecule has 0 radical (unpaired) electrons. The molecule has 0 bridgehead atoms. The van der Waals surface area contributed by atoms with E-state index in [1.807, 2.05) is 0 Å². The van der Waals surface area contributed by atoms with Crippen LogP contribution in [0.25, 0.3) is 5.53 Å². The summed E-state index contributed by atoms with van der Waals surface area (Å²) in [5.74, 6) is 0.517. The van der Waals surface area contributed by atoms with Gasteiger partial charge in [-0.15, -0.1) is 0 Å². The lowest BCUT2D eigenvalue weighted by Gasteiger charge is -2.02. The quantitative estimate of drug-likeness (QED) is 0.371. The molecule has 1 aromatic heterocycles. The zero-order chi connectivity index (χ0) is 8.97. The van der Waals surface area contributed by atoms with Gasteiger partial charge in [-0.3, -0.25) is 10.1 Å². The van der Waals surface area contributed by atoms with Crippen LogP contribution in [-0.4, -0.2) is 12.1 Å². The molecule has 0 unspecified atom stereocenters. The maximum absolute atomic E-state index is 9.95. The standard InChI is InChI=1S/C6H7N3O3/c1-12-6-3-2-4-8(5-6)7-9(10)11/h2-5H,1H3. The van der Waals surface area contributed by atoms with Crippen LogP contribution in [-0.2, 0) is 0 Å². The second-order valence-electron chi connectivity index (χ2n) is 1.95. The van der Waals surface area contributed by atoms with Gasteiger partial charge in [0.1, 0.15) is 0 Å². The Morgan fingerprint density at radius 1 is 1.75 bits per heavy atom. The molecule has 6 heteroatoms. The predicted octanol–water partition coefficient (Wildman–Crippen LogP) is 0.311. The van der Waals surface area contributed by atoms with Crippen molar-refractivity contribution in [1.29, 1.82) is 0 Å². The normalized spacial score (nSPS) is 9.08. The zero-order valence-electron chi connectivity index (χ0n) is 6.38. The first kappa shape index (κ1) is 8.25. The monoisotopic (exact) mass is 169 g/mol. The van der Waals surface area contributed by atoms with E-state index in [2.05, 4.69) is 5.53 Å². The van der Waals surface area contributed by atoms with Gasteiger partial charge in [-0.05, 0) is 6.07 Å². The van der Waals surface area contributed by atoms with Gasteiger partial charge < -0.3 is 4.74 Å². The summed E-state index contributed by atoms with van der Waals surface area (Å²) in [6, 6.07) is 3.28. The number of ether oxygens (including phenoxy) is 1. The summed E-state index contributed by atoms with van der Waals surface area (Å²) in [5.41, 5.74) is 3.03. The second-order valence-corrected chi connectivity index (χ2v) is 1.95. The number of nitrogens with zero attached hydrogens (tertiary/aromatic N) is 3. The highest BCUT2D eigenvalue weighted by Crippen LogP contribution is 2.03. The fraction of sp³-hybridized carbons (Fsp3) is 0.167. The molecule has 0 aliphatic rings. The van der Waals surface area contributed by atoms with Crippen LogP contribution >= 0.6 is 0 Å². The Morgan fingerprint density at radius 2 is 2.50 bits per heavy atom. The van der Waals surface area contributed by atoms with Crippen molar-refractivity contribution in [3.8, 4) is 5.75 Å². The second kappa shape index (κ2) is 3.51. The van der Waals surface area contributed by atoms with Gasteiger partial charge in [0, 0.05) is 11.1 Å². The number of pyridine rings is 1. The van der Waals surface area contributed by atoms with Crippen LogP contribution in [0.5, 0.6) is 5.75 Å². The van der Waals surface area contributed by atoms with Crippen LogP contribution in [0.15, 0.2) is 24.5 Å². The molecular weight excluding hydrogens is 162 g/mol. The molecule has 1 aromatic rings. The number of aromatic nitrogens is 1. The highest BCUT2D eigenvalue weighted by atomic mass is 16.7. The summed E-state index contributed by atoms with van der Waals surface area (Å²) in [5, 5.41) is 9.17. The van der Waals surface area contributed by atoms with Gasteiger partial charge in [-0.1, -0.05) is 5.53 Å². The van der Waals surface area contributed by atoms with Crippen molar-refractivity contribution in [2.45, 2.75) is 0 Å². The smallest absolute Gasteiger partial charge is 0.210 e. The average molecular weight is 169 g/mol. The van der Waals surface area contributed by atoms with Crippen LogP contribution in [0.1, 0.15) is 0 Å². The zero-order valence-corrected chi connectivity index (χ0v) is 6.38. The fourth-order valence-corrected chi connectivity index (χ4v) is 0.703. The third kappa shape index (κ3) is 2.08. The van der Waals surface area contributed by atoms with E-state index in [0.717, 1.165) is 4.68 Å². The molecule has 1 rings (SSSR count). The molecule has 6 nitrogen and oxygen atoms in total. The van der Waals surface area contributed by atoms with Crippen molar-refractivity contribution in [3.63, 3.8) is 0 Å². The van der Waals surface area contributed by atoms with E-state index in [1.165, 1.54) is 19.5 Å². The Bertz CT molecular complexity index is 289. The first-order chi connectivity index (χ1) is 5.72. The van der Waals surface area contributed by atoms with Gasteiger partial charge in [0.15, 0.2) is 11.9 Å². The lowest BCUT2D eigenvalue weighted by atomic mass is 10.5. The van der Waals surface area contributed by atoms with Crippen molar-refractivity contribution < 1.29 is 14.4 Å². The number of rotatable bonds is 3. The Balaban J connectivity index is 2.79. The first-order valence-electron chi connectivity index (χ1n) is 3.14. The van der Waals surface area contributed by atoms with Crippen LogP contribution in [0.4, 0.5) is 0 Å². The summed E-state index contributed by atoms with van der Waals surface area (Å²) in [6.07, 6.45) is 2.86. The van der Waals surface area contributed by atoms with E-state index in [9.17, 15) is 10.1 Å². The van der Waals surface area contributed by atoms with Crippen molar-refractivity contribution in [3.05, 3.63) is 40.2 Å². The topological polar surface area (TPSA) is 70.3 Å². The van der Waals surface area contributed by atoms with Crippen LogP contribution in [0.2, 0.25) is 0 Å². The van der Waals surface area contributed by atoms with Gasteiger partial charge in [-0.25, -0.2) is 0 Å². The summed E-state index contributed by atoms with van der Waals surface area (Å²) >= 11 is 0. The van der Waals surface area contributed by atoms with E-state index in [4.69, 9.17) is 4.74 Å². The van der Waals surface area contributed by atoms with Gasteiger partial charge in [0.2, 0.25) is 6.20 Å². The lowest BCUT2D eigenvalue weighted by Crippen LogP contribution is -2.30. The molecule has 0 aliphatic heterocycles. The largest absolute Gasteiger partial charge is 0.491 e. The highest BCUT2D eigenvalue weighted by molar-refractivity contribution is 5.12. The fourth-order valence-electron chi connectivity index (χ4n) is 0.703. The molecule has 0 spiro atoms.